The SMILES string of the molecule is O=C1CCCN1c1nc(Cl)c(-c2c(F)cc(F)cc2F)c(NCC(F)(F)F)n1. The van der Waals surface area contributed by atoms with Gasteiger partial charge in [0.15, 0.2) is 0 Å². The Morgan fingerprint density at radius 1 is 1.11 bits per heavy atom. The number of rotatable bonds is 4. The van der Waals surface area contributed by atoms with Crippen LogP contribution < -0.4 is 10.2 Å². The molecule has 3 rings (SSSR count). The van der Waals surface area contributed by atoms with Gasteiger partial charge in [0.25, 0.3) is 0 Å². The second kappa shape index (κ2) is 7.46. The van der Waals surface area contributed by atoms with Crippen LogP contribution in [0.1, 0.15) is 12.8 Å². The Kier molecular flexibility index (Phi) is 5.37. The predicted molar refractivity (Wildman–Crippen MR) is 88.5 cm³/mol. The van der Waals surface area contributed by atoms with Crippen LogP contribution in [0.5, 0.6) is 0 Å². The van der Waals surface area contributed by atoms with Crippen molar-refractivity contribution in [2.45, 2.75) is 19.0 Å². The van der Waals surface area contributed by atoms with Crippen molar-refractivity contribution in [1.29, 1.82) is 0 Å². The van der Waals surface area contributed by atoms with Gasteiger partial charge in [-0.15, -0.1) is 0 Å². The fraction of sp³-hybridized carbons (Fsp3) is 0.312. The first-order valence-corrected chi connectivity index (χ1v) is 8.28. The molecule has 0 atom stereocenters. The van der Waals surface area contributed by atoms with E-state index in [1.54, 1.807) is 0 Å². The molecule has 1 aromatic carbocycles. The molecule has 1 fully saturated rings. The number of aromatic nitrogens is 2. The first-order valence-electron chi connectivity index (χ1n) is 7.90. The summed E-state index contributed by atoms with van der Waals surface area (Å²) in [5.41, 5.74) is -1.51. The number of amides is 1. The minimum Gasteiger partial charge on any atom is -0.360 e. The monoisotopic (exact) mass is 424 g/mol. The fourth-order valence-electron chi connectivity index (χ4n) is 2.72. The van der Waals surface area contributed by atoms with E-state index in [0.717, 1.165) is 4.90 Å². The summed E-state index contributed by atoms with van der Waals surface area (Å²) < 4.78 is 79.5. The zero-order chi connectivity index (χ0) is 20.6. The van der Waals surface area contributed by atoms with Crippen molar-refractivity contribution in [2.75, 3.05) is 23.3 Å². The van der Waals surface area contributed by atoms with Gasteiger partial charge in [0.05, 0.1) is 11.1 Å². The predicted octanol–water partition coefficient (Wildman–Crippen LogP) is 4.32. The molecular weight excluding hydrogens is 414 g/mol. The van der Waals surface area contributed by atoms with Crippen LogP contribution in [0.3, 0.4) is 0 Å². The Hall–Kier alpha value is -2.56. The number of hydrogen-bond donors (Lipinski definition) is 1. The summed E-state index contributed by atoms with van der Waals surface area (Å²) in [6.07, 6.45) is -4.01. The summed E-state index contributed by atoms with van der Waals surface area (Å²) in [5, 5.41) is 1.32. The van der Waals surface area contributed by atoms with Crippen LogP contribution in [0, 0.1) is 17.5 Å². The van der Waals surface area contributed by atoms with E-state index in [1.165, 1.54) is 0 Å². The van der Waals surface area contributed by atoms with Gasteiger partial charge in [-0.05, 0) is 6.42 Å². The molecular formula is C16H11ClF6N4O. The van der Waals surface area contributed by atoms with Crippen molar-refractivity contribution in [3.63, 3.8) is 0 Å². The van der Waals surface area contributed by atoms with Gasteiger partial charge >= 0.3 is 6.18 Å². The van der Waals surface area contributed by atoms with Crippen LogP contribution in [0.25, 0.3) is 11.1 Å². The summed E-state index contributed by atoms with van der Waals surface area (Å²) in [6.45, 7) is -1.38. The number of alkyl halides is 3. The van der Waals surface area contributed by atoms with Gasteiger partial charge in [-0.3, -0.25) is 9.69 Å². The van der Waals surface area contributed by atoms with Gasteiger partial charge < -0.3 is 5.32 Å². The maximum Gasteiger partial charge on any atom is 0.405 e. The third kappa shape index (κ3) is 4.13. The molecule has 2 heterocycles. The molecule has 1 amide bonds. The molecule has 1 aromatic heterocycles. The maximum absolute atomic E-state index is 14.2. The second-order valence-electron chi connectivity index (χ2n) is 5.90. The molecule has 0 saturated carbocycles. The van der Waals surface area contributed by atoms with E-state index < -0.39 is 52.3 Å². The van der Waals surface area contributed by atoms with Crippen molar-refractivity contribution in [1.82, 2.24) is 9.97 Å². The standard InChI is InChI=1S/C16H11ClF6N4O/c17-13-12(11-8(19)4-7(18)5-9(11)20)14(24-6-16(21,22)23)26-15(25-13)27-3-1-2-10(27)28/h4-5H,1-3,6H2,(H,24,25,26). The quantitative estimate of drug-likeness (QED) is 0.587. The van der Waals surface area contributed by atoms with E-state index >= 15 is 0 Å². The second-order valence-corrected chi connectivity index (χ2v) is 6.26. The van der Waals surface area contributed by atoms with Gasteiger partial charge in [-0.2, -0.15) is 23.1 Å². The zero-order valence-corrected chi connectivity index (χ0v) is 14.6. The van der Waals surface area contributed by atoms with Gasteiger partial charge in [-0.25, -0.2) is 13.2 Å². The molecule has 0 radical (unpaired) electrons. The molecule has 2 aromatic rings. The van der Waals surface area contributed by atoms with Crippen LogP contribution in [0.2, 0.25) is 5.15 Å². The maximum atomic E-state index is 14.2. The average molecular weight is 425 g/mol. The lowest BCUT2D eigenvalue weighted by atomic mass is 10.1. The third-order valence-electron chi connectivity index (χ3n) is 3.88. The summed E-state index contributed by atoms with van der Waals surface area (Å²) in [6, 6.07) is 0.695. The lowest BCUT2D eigenvalue weighted by molar-refractivity contribution is -0.117. The summed E-state index contributed by atoms with van der Waals surface area (Å²) in [5.74, 6) is -5.34. The number of halogens is 7. The molecule has 1 saturated heterocycles. The zero-order valence-electron chi connectivity index (χ0n) is 13.9. The van der Waals surface area contributed by atoms with Crippen molar-refractivity contribution in [3.05, 3.63) is 34.7 Å². The molecule has 1 aliphatic rings. The summed E-state index contributed by atoms with van der Waals surface area (Å²) >= 11 is 5.99. The Morgan fingerprint density at radius 3 is 2.29 bits per heavy atom. The summed E-state index contributed by atoms with van der Waals surface area (Å²) in [7, 11) is 0. The minimum atomic E-state index is -4.68. The van der Waals surface area contributed by atoms with E-state index in [2.05, 4.69) is 9.97 Å². The highest BCUT2D eigenvalue weighted by Crippen LogP contribution is 2.38. The number of carbonyl (C=O) groups is 1. The van der Waals surface area contributed by atoms with E-state index in [9.17, 15) is 31.1 Å². The normalized spacial score (nSPS) is 14.7. The molecule has 12 heteroatoms. The molecule has 0 bridgehead atoms. The van der Waals surface area contributed by atoms with Crippen molar-refractivity contribution in [3.8, 4) is 11.1 Å². The number of nitrogens with zero attached hydrogens (tertiary/aromatic N) is 3. The van der Waals surface area contributed by atoms with Crippen LogP contribution in [0.4, 0.5) is 38.1 Å². The number of benzene rings is 1. The highest BCUT2D eigenvalue weighted by atomic mass is 35.5. The number of carbonyl (C=O) groups excluding carboxylic acids is 1. The van der Waals surface area contributed by atoms with E-state index in [-0.39, 0.29) is 24.8 Å². The highest BCUT2D eigenvalue weighted by Gasteiger charge is 2.31. The van der Waals surface area contributed by atoms with E-state index in [1.807, 2.05) is 5.32 Å². The van der Waals surface area contributed by atoms with Gasteiger partial charge in [0.2, 0.25) is 11.9 Å². The molecule has 1 aliphatic heterocycles. The molecule has 5 nitrogen and oxygen atoms in total. The first kappa shape index (κ1) is 20.2. The Morgan fingerprint density at radius 2 is 1.75 bits per heavy atom. The minimum absolute atomic E-state index is 0.190. The third-order valence-corrected chi connectivity index (χ3v) is 4.15. The molecule has 28 heavy (non-hydrogen) atoms. The molecule has 1 N–H and O–H groups in total. The van der Waals surface area contributed by atoms with Gasteiger partial charge in [-0.1, -0.05) is 11.6 Å². The lowest BCUT2D eigenvalue weighted by Crippen LogP contribution is -2.27. The van der Waals surface area contributed by atoms with Crippen molar-refractivity contribution in [2.24, 2.45) is 0 Å². The van der Waals surface area contributed by atoms with Crippen molar-refractivity contribution < 1.29 is 31.1 Å². The topological polar surface area (TPSA) is 58.1 Å². The van der Waals surface area contributed by atoms with Crippen LogP contribution >= 0.6 is 11.6 Å². The average Bonchev–Trinajstić information content (AvgIpc) is 2.99. The van der Waals surface area contributed by atoms with Crippen LogP contribution in [0.15, 0.2) is 12.1 Å². The number of hydrogen-bond acceptors (Lipinski definition) is 4. The van der Waals surface area contributed by atoms with Crippen LogP contribution in [-0.4, -0.2) is 35.1 Å². The number of nitrogens with one attached hydrogen (secondary N) is 1. The van der Waals surface area contributed by atoms with E-state index in [4.69, 9.17) is 11.6 Å². The summed E-state index contributed by atoms with van der Waals surface area (Å²) in [4.78, 5) is 20.6. The van der Waals surface area contributed by atoms with Crippen molar-refractivity contribution >= 4 is 29.3 Å². The first-order chi connectivity index (χ1) is 13.1. The number of anilines is 2. The van der Waals surface area contributed by atoms with E-state index in [0.29, 0.717) is 18.6 Å². The highest BCUT2D eigenvalue weighted by molar-refractivity contribution is 6.33. The Labute approximate surface area is 159 Å². The van der Waals surface area contributed by atoms with Crippen LogP contribution in [-0.2, 0) is 4.79 Å². The van der Waals surface area contributed by atoms with Gasteiger partial charge in [0, 0.05) is 25.1 Å². The largest absolute Gasteiger partial charge is 0.405 e. The Balaban J connectivity index is 2.16. The van der Waals surface area contributed by atoms with Gasteiger partial charge in [0.1, 0.15) is 35.0 Å². The fourth-order valence-corrected chi connectivity index (χ4v) is 2.98. The molecule has 150 valence electrons. The lowest BCUT2D eigenvalue weighted by Gasteiger charge is -2.19. The smallest absolute Gasteiger partial charge is 0.360 e. The Bertz CT molecular complexity index is 913. The molecule has 0 spiro atoms. The molecule has 0 unspecified atom stereocenters. The molecule has 0 aliphatic carbocycles.